The molecule has 0 aliphatic carbocycles. The Morgan fingerprint density at radius 2 is 1.59 bits per heavy atom. The van der Waals surface area contributed by atoms with Crippen LogP contribution in [0, 0.1) is 20.2 Å². The summed E-state index contributed by atoms with van der Waals surface area (Å²) in [6.07, 6.45) is 0. The number of nitrogens with zero attached hydrogens (tertiary/aromatic N) is 2. The zero-order valence-electron chi connectivity index (χ0n) is 7.73. The standard InChI is InChI=1S/C6H3ClN2O7S/c7-3-1-6(17(14,15)16)5(9(12)13)2-4(3)8(10)11/h1-2H,(H,14,15,16). The summed E-state index contributed by atoms with van der Waals surface area (Å²) in [6.45, 7) is 0. The maximum Gasteiger partial charge on any atom is 0.301 e. The Kier molecular flexibility index (Phi) is 3.31. The first-order valence-corrected chi connectivity index (χ1v) is 5.56. The van der Waals surface area contributed by atoms with Crippen LogP contribution in [0.25, 0.3) is 0 Å². The third-order valence-corrected chi connectivity index (χ3v) is 2.89. The summed E-state index contributed by atoms with van der Waals surface area (Å²) in [6, 6.07) is 0.818. The number of halogens is 1. The maximum absolute atomic E-state index is 10.8. The van der Waals surface area contributed by atoms with Crippen LogP contribution in [0.1, 0.15) is 0 Å². The van der Waals surface area contributed by atoms with Crippen LogP contribution >= 0.6 is 11.6 Å². The van der Waals surface area contributed by atoms with Crippen LogP contribution in [0.4, 0.5) is 11.4 Å². The van der Waals surface area contributed by atoms with Gasteiger partial charge in [0, 0.05) is 0 Å². The van der Waals surface area contributed by atoms with Crippen LogP contribution in [0.3, 0.4) is 0 Å². The molecule has 0 bridgehead atoms. The van der Waals surface area contributed by atoms with E-state index < -0.39 is 41.3 Å². The molecule has 0 saturated carbocycles. The van der Waals surface area contributed by atoms with Gasteiger partial charge >= 0.3 is 10.1 Å². The fourth-order valence-corrected chi connectivity index (χ4v) is 1.98. The van der Waals surface area contributed by atoms with Gasteiger partial charge in [0.1, 0.15) is 5.02 Å². The van der Waals surface area contributed by atoms with Crippen LogP contribution in [-0.2, 0) is 10.1 Å². The van der Waals surface area contributed by atoms with Crippen LogP contribution in [0.15, 0.2) is 17.0 Å². The smallest absolute Gasteiger partial charge is 0.282 e. The van der Waals surface area contributed by atoms with E-state index in [1.807, 2.05) is 0 Å². The topological polar surface area (TPSA) is 141 Å². The summed E-state index contributed by atoms with van der Waals surface area (Å²) in [7, 11) is -4.89. The Hall–Kier alpha value is -1.78. The van der Waals surface area contributed by atoms with Crippen molar-refractivity contribution in [1.29, 1.82) is 0 Å². The molecule has 0 fully saturated rings. The van der Waals surface area contributed by atoms with E-state index in [4.69, 9.17) is 16.2 Å². The summed E-state index contributed by atoms with van der Waals surface area (Å²) in [5, 5.41) is 20.3. The first kappa shape index (κ1) is 13.3. The van der Waals surface area contributed by atoms with Gasteiger partial charge in [-0.3, -0.25) is 24.8 Å². The molecular weight excluding hydrogens is 280 g/mol. The average Bonchev–Trinajstić information content (AvgIpc) is 2.14. The van der Waals surface area contributed by atoms with Crippen molar-refractivity contribution in [1.82, 2.24) is 0 Å². The molecule has 0 heterocycles. The van der Waals surface area contributed by atoms with Crippen molar-refractivity contribution < 1.29 is 22.8 Å². The summed E-state index contributed by atoms with van der Waals surface area (Å²) in [5.41, 5.74) is -1.95. The van der Waals surface area contributed by atoms with Crippen molar-refractivity contribution in [2.45, 2.75) is 4.90 Å². The predicted octanol–water partition coefficient (Wildman–Crippen LogP) is 1.40. The Bertz CT molecular complexity index is 611. The fraction of sp³-hybridized carbons (Fsp3) is 0. The highest BCUT2D eigenvalue weighted by Crippen LogP contribution is 2.34. The van der Waals surface area contributed by atoms with Gasteiger partial charge in [-0.05, 0) is 6.07 Å². The second-order valence-electron chi connectivity index (χ2n) is 2.76. The van der Waals surface area contributed by atoms with Gasteiger partial charge in [-0.1, -0.05) is 11.6 Å². The number of rotatable bonds is 3. The van der Waals surface area contributed by atoms with Crippen LogP contribution in [-0.4, -0.2) is 22.8 Å². The second-order valence-corrected chi connectivity index (χ2v) is 4.56. The molecule has 9 nitrogen and oxygen atoms in total. The SMILES string of the molecule is O=[N+]([O-])c1cc([N+](=O)[O-])c(S(=O)(=O)O)cc1Cl. The Labute approximate surface area is 98.7 Å². The third-order valence-electron chi connectivity index (χ3n) is 1.70. The van der Waals surface area contributed by atoms with E-state index in [0.29, 0.717) is 12.1 Å². The molecule has 0 aliphatic heterocycles. The fourth-order valence-electron chi connectivity index (χ4n) is 1.02. The van der Waals surface area contributed by atoms with Crippen LogP contribution in [0.2, 0.25) is 5.02 Å². The molecule has 92 valence electrons. The molecule has 0 unspecified atom stereocenters. The van der Waals surface area contributed by atoms with E-state index >= 15 is 0 Å². The normalized spacial score (nSPS) is 11.2. The van der Waals surface area contributed by atoms with Crippen molar-refractivity contribution in [3.8, 4) is 0 Å². The number of nitro groups is 2. The highest BCUT2D eigenvalue weighted by molar-refractivity contribution is 7.86. The van der Waals surface area contributed by atoms with E-state index in [1.54, 1.807) is 0 Å². The van der Waals surface area contributed by atoms with Crippen molar-refractivity contribution in [3.05, 3.63) is 37.4 Å². The maximum atomic E-state index is 10.8. The largest absolute Gasteiger partial charge is 0.301 e. The van der Waals surface area contributed by atoms with Crippen LogP contribution < -0.4 is 0 Å². The number of hydrogen-bond acceptors (Lipinski definition) is 6. The molecule has 0 atom stereocenters. The first-order valence-electron chi connectivity index (χ1n) is 3.74. The quantitative estimate of drug-likeness (QED) is 0.501. The second kappa shape index (κ2) is 4.24. The lowest BCUT2D eigenvalue weighted by Gasteiger charge is -2.01. The van der Waals surface area contributed by atoms with E-state index in [9.17, 15) is 28.6 Å². The Balaban J connectivity index is 3.70. The van der Waals surface area contributed by atoms with E-state index in [0.717, 1.165) is 0 Å². The van der Waals surface area contributed by atoms with E-state index in [2.05, 4.69) is 0 Å². The summed E-state index contributed by atoms with van der Waals surface area (Å²) in [5.74, 6) is 0. The van der Waals surface area contributed by atoms with Gasteiger partial charge in [0.05, 0.1) is 15.9 Å². The van der Waals surface area contributed by atoms with Gasteiger partial charge in [0.2, 0.25) is 0 Å². The highest BCUT2D eigenvalue weighted by atomic mass is 35.5. The van der Waals surface area contributed by atoms with E-state index in [1.165, 1.54) is 0 Å². The summed E-state index contributed by atoms with van der Waals surface area (Å²) < 4.78 is 30.3. The minimum absolute atomic E-state index is 0.367. The Morgan fingerprint density at radius 3 is 1.94 bits per heavy atom. The Morgan fingerprint density at radius 1 is 1.12 bits per heavy atom. The number of benzene rings is 1. The van der Waals surface area contributed by atoms with Gasteiger partial charge in [-0.15, -0.1) is 0 Å². The molecular formula is C6H3ClN2O7S. The van der Waals surface area contributed by atoms with Crippen molar-refractivity contribution in [3.63, 3.8) is 0 Å². The lowest BCUT2D eigenvalue weighted by molar-refractivity contribution is -0.396. The molecule has 0 amide bonds. The molecule has 0 aromatic heterocycles. The zero-order chi connectivity index (χ0) is 13.4. The molecule has 0 spiro atoms. The van der Waals surface area contributed by atoms with Gasteiger partial charge in [0.25, 0.3) is 11.4 Å². The molecule has 1 aromatic carbocycles. The molecule has 0 radical (unpaired) electrons. The van der Waals surface area contributed by atoms with E-state index in [-0.39, 0.29) is 0 Å². The molecule has 1 rings (SSSR count). The lowest BCUT2D eigenvalue weighted by Crippen LogP contribution is -2.04. The van der Waals surface area contributed by atoms with Gasteiger partial charge < -0.3 is 0 Å². The van der Waals surface area contributed by atoms with Crippen molar-refractivity contribution in [2.75, 3.05) is 0 Å². The molecule has 0 aliphatic rings. The zero-order valence-corrected chi connectivity index (χ0v) is 9.30. The number of hydrogen-bond donors (Lipinski definition) is 1. The average molecular weight is 283 g/mol. The number of nitro benzene ring substituents is 2. The minimum Gasteiger partial charge on any atom is -0.282 e. The minimum atomic E-state index is -4.89. The third kappa shape index (κ3) is 2.67. The van der Waals surface area contributed by atoms with Crippen LogP contribution in [0.5, 0.6) is 0 Å². The lowest BCUT2D eigenvalue weighted by atomic mass is 10.3. The van der Waals surface area contributed by atoms with Gasteiger partial charge in [-0.25, -0.2) is 0 Å². The first-order chi connectivity index (χ1) is 7.64. The summed E-state index contributed by atoms with van der Waals surface area (Å²) in [4.78, 5) is 17.7. The molecule has 1 aromatic rings. The monoisotopic (exact) mass is 282 g/mol. The molecule has 17 heavy (non-hydrogen) atoms. The molecule has 0 saturated heterocycles. The molecule has 1 N–H and O–H groups in total. The van der Waals surface area contributed by atoms with Gasteiger partial charge in [0.15, 0.2) is 4.90 Å². The van der Waals surface area contributed by atoms with Gasteiger partial charge in [-0.2, -0.15) is 8.42 Å². The summed E-state index contributed by atoms with van der Waals surface area (Å²) >= 11 is 5.37. The molecule has 11 heteroatoms. The predicted molar refractivity (Wildman–Crippen MR) is 54.6 cm³/mol. The highest BCUT2D eigenvalue weighted by Gasteiger charge is 2.29. The van der Waals surface area contributed by atoms with Crippen molar-refractivity contribution >= 4 is 33.1 Å². The van der Waals surface area contributed by atoms with Crippen molar-refractivity contribution in [2.24, 2.45) is 0 Å².